The summed E-state index contributed by atoms with van der Waals surface area (Å²) in [4.78, 5) is 4.84. The van der Waals surface area contributed by atoms with Gasteiger partial charge in [-0.05, 0) is 24.3 Å². The van der Waals surface area contributed by atoms with Gasteiger partial charge in [0.15, 0.2) is 0 Å². The van der Waals surface area contributed by atoms with E-state index < -0.39 is 0 Å². The highest BCUT2D eigenvalue weighted by atomic mass is 35.5. The third-order valence-corrected chi connectivity index (χ3v) is 3.25. The number of nitrogens with two attached hydrogens (primary N) is 1. The molecule has 0 aliphatic heterocycles. The molecule has 2 nitrogen and oxygen atoms in total. The smallest absolute Gasteiger partial charge is 0.124 e. The van der Waals surface area contributed by atoms with Crippen molar-refractivity contribution in [3.05, 3.63) is 47.4 Å². The Kier molecular flexibility index (Phi) is 3.31. The van der Waals surface area contributed by atoms with E-state index in [1.54, 1.807) is 18.2 Å². The SMILES string of the molecule is Nc1cnc(Sc2cccc(F)c2)c(Cl)c1. The number of nitrogens with zero attached hydrogens (tertiary/aromatic N) is 1. The largest absolute Gasteiger partial charge is 0.397 e. The van der Waals surface area contributed by atoms with E-state index in [1.165, 1.54) is 30.1 Å². The number of halogens is 2. The van der Waals surface area contributed by atoms with Gasteiger partial charge in [-0.3, -0.25) is 0 Å². The molecular formula is C11H8ClFN2S. The van der Waals surface area contributed by atoms with Crippen molar-refractivity contribution in [2.75, 3.05) is 5.73 Å². The second-order valence-corrected chi connectivity index (χ2v) is 4.58. The van der Waals surface area contributed by atoms with Gasteiger partial charge in [-0.2, -0.15) is 0 Å². The number of rotatable bonds is 2. The molecule has 0 fully saturated rings. The van der Waals surface area contributed by atoms with Crippen LogP contribution in [0.1, 0.15) is 0 Å². The molecule has 0 radical (unpaired) electrons. The Morgan fingerprint density at radius 2 is 2.12 bits per heavy atom. The zero-order valence-electron chi connectivity index (χ0n) is 8.15. The number of anilines is 1. The summed E-state index contributed by atoms with van der Waals surface area (Å²) in [7, 11) is 0. The van der Waals surface area contributed by atoms with Crippen LogP contribution in [0.4, 0.5) is 10.1 Å². The minimum absolute atomic E-state index is 0.281. The van der Waals surface area contributed by atoms with Crippen LogP contribution in [0, 0.1) is 5.82 Å². The molecule has 0 bridgehead atoms. The highest BCUT2D eigenvalue weighted by Crippen LogP contribution is 2.32. The topological polar surface area (TPSA) is 38.9 Å². The van der Waals surface area contributed by atoms with Crippen LogP contribution in [-0.2, 0) is 0 Å². The summed E-state index contributed by atoms with van der Waals surface area (Å²) >= 11 is 7.26. The highest BCUT2D eigenvalue weighted by Gasteiger charge is 2.05. The monoisotopic (exact) mass is 254 g/mol. The van der Waals surface area contributed by atoms with Crippen molar-refractivity contribution in [2.45, 2.75) is 9.92 Å². The van der Waals surface area contributed by atoms with Gasteiger partial charge in [0.1, 0.15) is 10.8 Å². The molecule has 0 unspecified atom stereocenters. The molecule has 0 amide bonds. The molecule has 1 aromatic carbocycles. The number of benzene rings is 1. The lowest BCUT2D eigenvalue weighted by Gasteiger charge is -2.03. The summed E-state index contributed by atoms with van der Waals surface area (Å²) in [6, 6.07) is 7.88. The molecule has 0 aliphatic rings. The van der Waals surface area contributed by atoms with Crippen LogP contribution < -0.4 is 5.73 Å². The normalized spacial score (nSPS) is 10.4. The molecule has 82 valence electrons. The van der Waals surface area contributed by atoms with E-state index in [9.17, 15) is 4.39 Å². The third kappa shape index (κ3) is 2.65. The van der Waals surface area contributed by atoms with Crippen LogP contribution in [0.3, 0.4) is 0 Å². The Bertz CT molecular complexity index is 519. The van der Waals surface area contributed by atoms with Gasteiger partial charge in [0.05, 0.1) is 16.9 Å². The standard InChI is InChI=1S/C11H8ClFN2S/c12-10-5-8(14)6-15-11(10)16-9-3-1-2-7(13)4-9/h1-6H,14H2. The number of nitrogen functional groups attached to an aromatic ring is 1. The average molecular weight is 255 g/mol. The Hall–Kier alpha value is -1.26. The van der Waals surface area contributed by atoms with E-state index in [-0.39, 0.29) is 5.82 Å². The summed E-state index contributed by atoms with van der Waals surface area (Å²) in [5.41, 5.74) is 6.04. The van der Waals surface area contributed by atoms with Crippen molar-refractivity contribution in [3.63, 3.8) is 0 Å². The van der Waals surface area contributed by atoms with Crippen LogP contribution in [0.15, 0.2) is 46.5 Å². The summed E-state index contributed by atoms with van der Waals surface area (Å²) in [5, 5.41) is 1.08. The Morgan fingerprint density at radius 3 is 2.81 bits per heavy atom. The van der Waals surface area contributed by atoms with E-state index in [1.807, 2.05) is 0 Å². The predicted octanol–water partition coefficient (Wildman–Crippen LogP) is 3.61. The molecule has 2 N–H and O–H groups in total. The number of hydrogen-bond donors (Lipinski definition) is 1. The number of aromatic nitrogens is 1. The maximum Gasteiger partial charge on any atom is 0.124 e. The molecular weight excluding hydrogens is 247 g/mol. The summed E-state index contributed by atoms with van der Waals surface area (Å²) < 4.78 is 12.9. The molecule has 1 aromatic heterocycles. The molecule has 0 saturated carbocycles. The lowest BCUT2D eigenvalue weighted by molar-refractivity contribution is 0.624. The molecule has 1 heterocycles. The van der Waals surface area contributed by atoms with Crippen LogP contribution in [0.5, 0.6) is 0 Å². The Morgan fingerprint density at radius 1 is 1.31 bits per heavy atom. The lowest BCUT2D eigenvalue weighted by atomic mass is 10.4. The average Bonchev–Trinajstić information content (AvgIpc) is 2.22. The minimum atomic E-state index is -0.281. The summed E-state index contributed by atoms with van der Waals surface area (Å²) in [6.07, 6.45) is 1.52. The van der Waals surface area contributed by atoms with Crippen LogP contribution in [0.25, 0.3) is 0 Å². The van der Waals surface area contributed by atoms with Gasteiger partial charge in [-0.25, -0.2) is 9.37 Å². The van der Waals surface area contributed by atoms with E-state index in [4.69, 9.17) is 17.3 Å². The zero-order chi connectivity index (χ0) is 11.5. The van der Waals surface area contributed by atoms with E-state index >= 15 is 0 Å². The summed E-state index contributed by atoms with van der Waals surface area (Å²) in [6.45, 7) is 0. The van der Waals surface area contributed by atoms with E-state index in [0.29, 0.717) is 15.7 Å². The maximum atomic E-state index is 12.9. The van der Waals surface area contributed by atoms with Gasteiger partial charge in [0.2, 0.25) is 0 Å². The van der Waals surface area contributed by atoms with Gasteiger partial charge in [-0.1, -0.05) is 29.4 Å². The van der Waals surface area contributed by atoms with Crippen molar-refractivity contribution >= 4 is 29.1 Å². The molecule has 5 heteroatoms. The van der Waals surface area contributed by atoms with Crippen molar-refractivity contribution in [2.24, 2.45) is 0 Å². The second-order valence-electron chi connectivity index (χ2n) is 3.12. The Balaban J connectivity index is 2.27. The molecule has 0 atom stereocenters. The van der Waals surface area contributed by atoms with Gasteiger partial charge in [0, 0.05) is 4.90 Å². The fraction of sp³-hybridized carbons (Fsp3) is 0. The van der Waals surface area contributed by atoms with Crippen molar-refractivity contribution in [1.82, 2.24) is 4.98 Å². The number of pyridine rings is 1. The fourth-order valence-corrected chi connectivity index (χ4v) is 2.25. The molecule has 0 aliphatic carbocycles. The van der Waals surface area contributed by atoms with Gasteiger partial charge >= 0.3 is 0 Å². The van der Waals surface area contributed by atoms with Crippen molar-refractivity contribution in [1.29, 1.82) is 0 Å². The van der Waals surface area contributed by atoms with Crippen molar-refractivity contribution < 1.29 is 4.39 Å². The van der Waals surface area contributed by atoms with Crippen molar-refractivity contribution in [3.8, 4) is 0 Å². The first kappa shape index (κ1) is 11.2. The van der Waals surface area contributed by atoms with E-state index in [2.05, 4.69) is 4.98 Å². The van der Waals surface area contributed by atoms with Gasteiger partial charge in [-0.15, -0.1) is 0 Å². The first-order chi connectivity index (χ1) is 7.65. The third-order valence-electron chi connectivity index (χ3n) is 1.84. The second kappa shape index (κ2) is 4.72. The molecule has 2 rings (SSSR count). The molecule has 0 spiro atoms. The maximum absolute atomic E-state index is 12.9. The minimum Gasteiger partial charge on any atom is -0.397 e. The Labute approximate surface area is 102 Å². The highest BCUT2D eigenvalue weighted by molar-refractivity contribution is 7.99. The fourth-order valence-electron chi connectivity index (χ4n) is 1.16. The van der Waals surface area contributed by atoms with Crippen LogP contribution >= 0.6 is 23.4 Å². The molecule has 2 aromatic rings. The van der Waals surface area contributed by atoms with Crippen LogP contribution in [0.2, 0.25) is 5.02 Å². The van der Waals surface area contributed by atoms with E-state index in [0.717, 1.165) is 4.90 Å². The zero-order valence-corrected chi connectivity index (χ0v) is 9.73. The van der Waals surface area contributed by atoms with Gasteiger partial charge in [0.25, 0.3) is 0 Å². The van der Waals surface area contributed by atoms with Gasteiger partial charge < -0.3 is 5.73 Å². The lowest BCUT2D eigenvalue weighted by Crippen LogP contribution is -1.88. The molecule has 0 saturated heterocycles. The quantitative estimate of drug-likeness (QED) is 0.890. The summed E-state index contributed by atoms with van der Waals surface area (Å²) in [5.74, 6) is -0.281. The first-order valence-electron chi connectivity index (χ1n) is 4.49. The number of hydrogen-bond acceptors (Lipinski definition) is 3. The molecule has 16 heavy (non-hydrogen) atoms. The first-order valence-corrected chi connectivity index (χ1v) is 5.69. The van der Waals surface area contributed by atoms with Crippen LogP contribution in [-0.4, -0.2) is 4.98 Å². The predicted molar refractivity (Wildman–Crippen MR) is 64.2 cm³/mol.